The average Bonchev–Trinajstić information content (AvgIpc) is 2.51. The number of sulfonamides is 1. The van der Waals surface area contributed by atoms with Crippen LogP contribution in [-0.2, 0) is 10.0 Å². The molecule has 7 heteroatoms. The van der Waals surface area contributed by atoms with E-state index in [4.69, 9.17) is 19.9 Å². The van der Waals surface area contributed by atoms with Gasteiger partial charge in [-0.05, 0) is 50.1 Å². The third-order valence-corrected chi connectivity index (χ3v) is 4.24. The van der Waals surface area contributed by atoms with E-state index in [9.17, 15) is 8.42 Å². The lowest BCUT2D eigenvalue weighted by Gasteiger charge is -2.18. The van der Waals surface area contributed by atoms with Crippen molar-refractivity contribution < 1.29 is 17.9 Å². The zero-order valence-corrected chi connectivity index (χ0v) is 15.1. The van der Waals surface area contributed by atoms with Crippen molar-refractivity contribution in [1.82, 2.24) is 0 Å². The molecule has 2 aromatic carbocycles. The van der Waals surface area contributed by atoms with Crippen LogP contribution in [0.25, 0.3) is 11.1 Å². The Balaban J connectivity index is 2.66. The van der Waals surface area contributed by atoms with Gasteiger partial charge in [-0.3, -0.25) is 0 Å². The van der Waals surface area contributed by atoms with E-state index < -0.39 is 10.0 Å². The minimum Gasteiger partial charge on any atom is -0.489 e. The molecule has 0 fully saturated rings. The van der Waals surface area contributed by atoms with Gasteiger partial charge in [-0.1, -0.05) is 18.2 Å². The molecule has 0 heterocycles. The SMILES string of the molecule is Cc1cc(OCC#N)cc(-c2cccc(S(N)(=O)=O)c2OC(C)C)c1. The zero-order valence-electron chi connectivity index (χ0n) is 14.3. The lowest BCUT2D eigenvalue weighted by atomic mass is 10.0. The van der Waals surface area contributed by atoms with Crippen LogP contribution in [-0.4, -0.2) is 21.1 Å². The molecule has 0 unspecified atom stereocenters. The number of ether oxygens (including phenoxy) is 2. The van der Waals surface area contributed by atoms with E-state index in [0.717, 1.165) is 5.56 Å². The number of hydrogen-bond donors (Lipinski definition) is 1. The van der Waals surface area contributed by atoms with Crippen LogP contribution in [0.5, 0.6) is 11.5 Å². The molecule has 0 bridgehead atoms. The Morgan fingerprint density at radius 2 is 1.96 bits per heavy atom. The van der Waals surface area contributed by atoms with E-state index in [2.05, 4.69) is 0 Å². The van der Waals surface area contributed by atoms with Crippen molar-refractivity contribution in [3.63, 3.8) is 0 Å². The molecule has 2 N–H and O–H groups in total. The second kappa shape index (κ2) is 7.55. The third kappa shape index (κ3) is 4.72. The highest BCUT2D eigenvalue weighted by molar-refractivity contribution is 7.89. The number of nitriles is 1. The zero-order chi connectivity index (χ0) is 18.6. The Kier molecular flexibility index (Phi) is 5.67. The molecule has 0 aliphatic rings. The molecule has 0 saturated heterocycles. The van der Waals surface area contributed by atoms with Crippen LogP contribution in [0.3, 0.4) is 0 Å². The van der Waals surface area contributed by atoms with Gasteiger partial charge in [-0.25, -0.2) is 13.6 Å². The number of nitrogens with two attached hydrogens (primary N) is 1. The van der Waals surface area contributed by atoms with Gasteiger partial charge in [-0.2, -0.15) is 5.26 Å². The van der Waals surface area contributed by atoms with Crippen LogP contribution in [0.2, 0.25) is 0 Å². The first kappa shape index (κ1) is 18.8. The molecule has 0 aliphatic heterocycles. The van der Waals surface area contributed by atoms with Gasteiger partial charge in [0.2, 0.25) is 10.0 Å². The molecular formula is C18H20N2O4S. The number of benzene rings is 2. The fourth-order valence-corrected chi connectivity index (χ4v) is 3.11. The van der Waals surface area contributed by atoms with Crippen molar-refractivity contribution >= 4 is 10.0 Å². The van der Waals surface area contributed by atoms with Crippen molar-refractivity contribution in [2.45, 2.75) is 31.8 Å². The second-order valence-corrected chi connectivity index (χ2v) is 7.36. The topological polar surface area (TPSA) is 102 Å². The third-order valence-electron chi connectivity index (χ3n) is 3.30. The first-order valence-electron chi connectivity index (χ1n) is 7.66. The molecule has 6 nitrogen and oxygen atoms in total. The Bertz CT molecular complexity index is 915. The summed E-state index contributed by atoms with van der Waals surface area (Å²) >= 11 is 0. The minimum absolute atomic E-state index is 0.0697. The van der Waals surface area contributed by atoms with Crippen LogP contribution >= 0.6 is 0 Å². The Morgan fingerprint density at radius 1 is 1.24 bits per heavy atom. The van der Waals surface area contributed by atoms with E-state index in [1.807, 2.05) is 19.1 Å². The predicted molar refractivity (Wildman–Crippen MR) is 94.9 cm³/mol. The van der Waals surface area contributed by atoms with Gasteiger partial charge >= 0.3 is 0 Å². The monoisotopic (exact) mass is 360 g/mol. The van der Waals surface area contributed by atoms with Crippen LogP contribution in [0.1, 0.15) is 19.4 Å². The van der Waals surface area contributed by atoms with Crippen molar-refractivity contribution in [3.8, 4) is 28.7 Å². The first-order chi connectivity index (χ1) is 11.7. The van der Waals surface area contributed by atoms with Gasteiger partial charge in [-0.15, -0.1) is 0 Å². The van der Waals surface area contributed by atoms with Crippen molar-refractivity contribution in [2.24, 2.45) is 5.14 Å². The number of hydrogen-bond acceptors (Lipinski definition) is 5. The second-order valence-electron chi connectivity index (χ2n) is 5.83. The quantitative estimate of drug-likeness (QED) is 0.853. The fourth-order valence-electron chi connectivity index (χ4n) is 2.43. The van der Waals surface area contributed by atoms with E-state index in [1.54, 1.807) is 38.1 Å². The summed E-state index contributed by atoms with van der Waals surface area (Å²) in [6, 6.07) is 12.1. The maximum Gasteiger partial charge on any atom is 0.241 e. The maximum absolute atomic E-state index is 11.9. The summed E-state index contributed by atoms with van der Waals surface area (Å²) in [6.45, 7) is 5.42. The number of para-hydroxylation sites is 1. The summed E-state index contributed by atoms with van der Waals surface area (Å²) in [5, 5.41) is 14.0. The molecule has 2 aromatic rings. The lowest BCUT2D eigenvalue weighted by Crippen LogP contribution is -2.16. The molecule has 0 amide bonds. The Hall–Kier alpha value is -2.56. The molecule has 0 radical (unpaired) electrons. The van der Waals surface area contributed by atoms with Gasteiger partial charge in [0.1, 0.15) is 22.5 Å². The van der Waals surface area contributed by atoms with Crippen molar-refractivity contribution in [2.75, 3.05) is 6.61 Å². The van der Waals surface area contributed by atoms with Crippen molar-refractivity contribution in [1.29, 1.82) is 5.26 Å². The number of rotatable bonds is 6. The van der Waals surface area contributed by atoms with E-state index >= 15 is 0 Å². The summed E-state index contributed by atoms with van der Waals surface area (Å²) in [5.74, 6) is 0.727. The van der Waals surface area contributed by atoms with Crippen molar-refractivity contribution in [3.05, 3.63) is 42.0 Å². The number of aryl methyl sites for hydroxylation is 1. The normalized spacial score (nSPS) is 11.2. The van der Waals surface area contributed by atoms with E-state index in [0.29, 0.717) is 16.9 Å². The lowest BCUT2D eigenvalue weighted by molar-refractivity contribution is 0.237. The van der Waals surface area contributed by atoms with E-state index in [-0.39, 0.29) is 23.4 Å². The van der Waals surface area contributed by atoms with Gasteiger partial charge in [0.15, 0.2) is 6.61 Å². The Morgan fingerprint density at radius 3 is 2.56 bits per heavy atom. The predicted octanol–water partition coefficient (Wildman–Crippen LogP) is 3.00. The summed E-state index contributed by atoms with van der Waals surface area (Å²) in [4.78, 5) is -0.0697. The number of nitrogens with zero attached hydrogens (tertiary/aromatic N) is 1. The van der Waals surface area contributed by atoms with Crippen LogP contribution in [0, 0.1) is 18.3 Å². The standard InChI is InChI=1S/C18H20N2O4S/c1-12(2)24-18-16(5-4-6-17(18)25(20,21)22)14-9-13(3)10-15(11-14)23-8-7-19/h4-6,9-12H,8H2,1-3H3,(H2,20,21,22). The van der Waals surface area contributed by atoms with E-state index in [1.165, 1.54) is 6.07 Å². The maximum atomic E-state index is 11.9. The smallest absolute Gasteiger partial charge is 0.241 e. The van der Waals surface area contributed by atoms with Crippen LogP contribution in [0.4, 0.5) is 0 Å². The van der Waals surface area contributed by atoms with Gasteiger partial charge < -0.3 is 9.47 Å². The molecule has 132 valence electrons. The Labute approximate surface area is 147 Å². The molecule has 0 atom stereocenters. The minimum atomic E-state index is -3.94. The van der Waals surface area contributed by atoms with Crippen LogP contribution < -0.4 is 14.6 Å². The largest absolute Gasteiger partial charge is 0.489 e. The number of primary sulfonamides is 1. The summed E-state index contributed by atoms with van der Waals surface area (Å²) in [5.41, 5.74) is 2.21. The summed E-state index contributed by atoms with van der Waals surface area (Å²) in [6.07, 6.45) is -0.235. The summed E-state index contributed by atoms with van der Waals surface area (Å²) in [7, 11) is -3.94. The fraction of sp³-hybridized carbons (Fsp3) is 0.278. The van der Waals surface area contributed by atoms with Gasteiger partial charge in [0.25, 0.3) is 0 Å². The highest BCUT2D eigenvalue weighted by Gasteiger charge is 2.21. The molecule has 0 spiro atoms. The van der Waals surface area contributed by atoms with Crippen LogP contribution in [0.15, 0.2) is 41.3 Å². The molecule has 0 aliphatic carbocycles. The molecule has 25 heavy (non-hydrogen) atoms. The first-order valence-corrected chi connectivity index (χ1v) is 9.21. The molecule has 2 rings (SSSR count). The molecule has 0 aromatic heterocycles. The van der Waals surface area contributed by atoms with Gasteiger partial charge in [0.05, 0.1) is 6.10 Å². The highest BCUT2D eigenvalue weighted by atomic mass is 32.2. The molecular weight excluding hydrogens is 340 g/mol. The van der Waals surface area contributed by atoms with Gasteiger partial charge in [0, 0.05) is 5.56 Å². The average molecular weight is 360 g/mol. The highest BCUT2D eigenvalue weighted by Crippen LogP contribution is 2.37. The summed E-state index contributed by atoms with van der Waals surface area (Å²) < 4.78 is 35.0. The molecule has 0 saturated carbocycles.